The van der Waals surface area contributed by atoms with Crippen molar-refractivity contribution < 1.29 is 18.7 Å². The lowest BCUT2D eigenvalue weighted by molar-refractivity contribution is 0.102. The molecule has 2 N–H and O–H groups in total. The fourth-order valence-corrected chi connectivity index (χ4v) is 4.33. The first kappa shape index (κ1) is 26.6. The van der Waals surface area contributed by atoms with Crippen LogP contribution < -0.4 is 20.2 Å². The van der Waals surface area contributed by atoms with Crippen molar-refractivity contribution in [2.24, 2.45) is 0 Å². The van der Waals surface area contributed by atoms with Gasteiger partial charge in [0.15, 0.2) is 17.3 Å². The highest BCUT2D eigenvalue weighted by molar-refractivity contribution is 6.04. The summed E-state index contributed by atoms with van der Waals surface area (Å²) in [5, 5.41) is 2.60. The normalized spacial score (nSPS) is 11.1. The van der Waals surface area contributed by atoms with Gasteiger partial charge in [-0.3, -0.25) is 14.6 Å². The lowest BCUT2D eigenvalue weighted by Crippen LogP contribution is -2.23. The van der Waals surface area contributed by atoms with Gasteiger partial charge < -0.3 is 19.8 Å². The van der Waals surface area contributed by atoms with E-state index in [1.165, 1.54) is 37.8 Å². The van der Waals surface area contributed by atoms with Crippen molar-refractivity contribution in [3.05, 3.63) is 106 Å². The van der Waals surface area contributed by atoms with Crippen molar-refractivity contribution >= 4 is 22.6 Å². The lowest BCUT2D eigenvalue weighted by atomic mass is 9.97. The minimum absolute atomic E-state index is 0.0663. The van der Waals surface area contributed by atoms with Crippen LogP contribution in [0.5, 0.6) is 17.2 Å². The number of hydrogen-bond donors (Lipinski definition) is 2. The van der Waals surface area contributed by atoms with Crippen LogP contribution >= 0.6 is 0 Å². The van der Waals surface area contributed by atoms with Gasteiger partial charge in [0.05, 0.1) is 18.8 Å². The predicted molar refractivity (Wildman–Crippen MR) is 152 cm³/mol. The summed E-state index contributed by atoms with van der Waals surface area (Å²) in [7, 11) is 1.53. The van der Waals surface area contributed by atoms with Crippen LogP contribution in [0.4, 0.5) is 10.1 Å². The number of carbonyl (C=O) groups excluding carboxylic acids is 1. The number of ether oxygens (including phenoxy) is 2. The quantitative estimate of drug-likeness (QED) is 0.242. The fraction of sp³-hybridized carbons (Fsp3) is 0.161. The zero-order valence-electron chi connectivity index (χ0n) is 22.4. The Morgan fingerprint density at radius 1 is 1.02 bits per heavy atom. The minimum atomic E-state index is -0.708. The van der Waals surface area contributed by atoms with E-state index in [0.717, 1.165) is 11.6 Å². The van der Waals surface area contributed by atoms with Gasteiger partial charge in [-0.15, -0.1) is 0 Å². The Kier molecular flexibility index (Phi) is 7.29. The average molecular weight is 539 g/mol. The number of H-pyrrole nitrogens is 1. The Bertz CT molecular complexity index is 1780. The first-order chi connectivity index (χ1) is 19.2. The summed E-state index contributed by atoms with van der Waals surface area (Å²) in [5.41, 5.74) is 3.54. The number of hydrogen-bond acceptors (Lipinski definition) is 6. The first-order valence-electron chi connectivity index (χ1n) is 12.6. The van der Waals surface area contributed by atoms with Crippen LogP contribution in [-0.2, 0) is 0 Å². The Morgan fingerprint density at radius 3 is 2.50 bits per heavy atom. The third kappa shape index (κ3) is 5.26. The molecule has 0 aliphatic rings. The number of rotatable bonds is 7. The lowest BCUT2D eigenvalue weighted by Gasteiger charge is -2.12. The smallest absolute Gasteiger partial charge is 0.261 e. The number of halogens is 1. The van der Waals surface area contributed by atoms with Gasteiger partial charge in [-0.1, -0.05) is 38.1 Å². The molecule has 0 saturated carbocycles. The maximum Gasteiger partial charge on any atom is 0.261 e. The molecule has 3 heterocycles. The summed E-state index contributed by atoms with van der Waals surface area (Å²) in [5.74, 6) is -0.237. The van der Waals surface area contributed by atoms with Crippen LogP contribution in [0, 0.1) is 12.7 Å². The Labute approximate surface area is 229 Å². The first-order valence-corrected chi connectivity index (χ1v) is 12.6. The molecule has 1 amide bonds. The molecule has 2 aromatic carbocycles. The van der Waals surface area contributed by atoms with E-state index in [4.69, 9.17) is 9.47 Å². The largest absolute Gasteiger partial charge is 0.495 e. The number of carbonyl (C=O) groups is 1. The summed E-state index contributed by atoms with van der Waals surface area (Å²) in [4.78, 5) is 37.9. The van der Waals surface area contributed by atoms with E-state index >= 15 is 4.39 Å². The second-order valence-corrected chi connectivity index (χ2v) is 9.56. The molecule has 5 rings (SSSR count). The molecule has 0 fully saturated rings. The van der Waals surface area contributed by atoms with Gasteiger partial charge in [-0.05, 0) is 36.1 Å². The summed E-state index contributed by atoms with van der Waals surface area (Å²) in [6.45, 7) is 5.96. The van der Waals surface area contributed by atoms with Crippen molar-refractivity contribution in [2.75, 3.05) is 12.4 Å². The van der Waals surface area contributed by atoms with Gasteiger partial charge in [-0.2, -0.15) is 0 Å². The monoisotopic (exact) mass is 538 g/mol. The van der Waals surface area contributed by atoms with Crippen molar-refractivity contribution in [1.82, 2.24) is 15.0 Å². The Morgan fingerprint density at radius 2 is 1.80 bits per heavy atom. The Hall–Kier alpha value is -5.05. The molecule has 0 radical (unpaired) electrons. The zero-order chi connectivity index (χ0) is 28.4. The van der Waals surface area contributed by atoms with Crippen LogP contribution in [0.2, 0.25) is 0 Å². The number of nitrogens with one attached hydrogen (secondary N) is 2. The van der Waals surface area contributed by atoms with E-state index in [1.807, 2.05) is 24.3 Å². The number of aryl methyl sites for hydroxylation is 1. The van der Waals surface area contributed by atoms with Gasteiger partial charge in [-0.25, -0.2) is 9.37 Å². The number of nitrogens with zero attached hydrogens (tertiary/aromatic N) is 2. The van der Waals surface area contributed by atoms with Crippen molar-refractivity contribution in [3.8, 4) is 28.4 Å². The zero-order valence-corrected chi connectivity index (χ0v) is 22.4. The highest BCUT2D eigenvalue weighted by atomic mass is 19.1. The number of aromatic amines is 1. The second-order valence-electron chi connectivity index (χ2n) is 9.56. The van der Waals surface area contributed by atoms with E-state index in [0.29, 0.717) is 45.3 Å². The number of aromatic nitrogens is 3. The maximum atomic E-state index is 15.0. The average Bonchev–Trinajstić information content (AvgIpc) is 2.94. The summed E-state index contributed by atoms with van der Waals surface area (Å²) in [6, 6.07) is 15.0. The number of anilines is 1. The van der Waals surface area contributed by atoms with Gasteiger partial charge in [0, 0.05) is 47.5 Å². The van der Waals surface area contributed by atoms with Crippen molar-refractivity contribution in [3.63, 3.8) is 0 Å². The second kappa shape index (κ2) is 11.0. The SMILES string of the molecule is COc1cnc2c(Oc3ccc(NC(=O)c4c[nH]c(C)c(-c5ccc(C(C)C)cc5)c4=O)cc3F)ccnc2c1. The third-order valence-corrected chi connectivity index (χ3v) is 6.55. The number of methoxy groups -OCH3 is 1. The molecule has 0 aliphatic carbocycles. The van der Waals surface area contributed by atoms with Gasteiger partial charge in [0.2, 0.25) is 5.43 Å². The topological polar surface area (TPSA) is 106 Å². The van der Waals surface area contributed by atoms with Crippen molar-refractivity contribution in [2.45, 2.75) is 26.7 Å². The van der Waals surface area contributed by atoms with Crippen LogP contribution in [-0.4, -0.2) is 28.0 Å². The molecule has 202 valence electrons. The van der Waals surface area contributed by atoms with Crippen LogP contribution in [0.25, 0.3) is 22.2 Å². The number of pyridine rings is 3. The molecular weight excluding hydrogens is 511 g/mol. The molecule has 8 nitrogen and oxygen atoms in total. The van der Waals surface area contributed by atoms with Crippen molar-refractivity contribution in [1.29, 1.82) is 0 Å². The maximum absolute atomic E-state index is 15.0. The van der Waals surface area contributed by atoms with E-state index in [2.05, 4.69) is 34.1 Å². The van der Waals surface area contributed by atoms with E-state index in [-0.39, 0.29) is 17.0 Å². The molecule has 9 heteroatoms. The number of amides is 1. The van der Waals surface area contributed by atoms with Gasteiger partial charge >= 0.3 is 0 Å². The molecule has 5 aromatic rings. The predicted octanol–water partition coefficient (Wildman–Crippen LogP) is 6.61. The molecule has 3 aromatic heterocycles. The molecule has 0 spiro atoms. The standard InChI is InChI=1S/C31H27FN4O4/c1-17(2)19-5-7-20(8-6-19)28-18(3)34-16-23(30(28)37)31(38)36-21-9-10-26(24(32)13-21)40-27-11-12-33-25-14-22(39-4)15-35-29(25)27/h5-17H,1-4H3,(H,34,37)(H,36,38). The van der Waals surface area contributed by atoms with Crippen LogP contribution in [0.1, 0.15) is 41.4 Å². The van der Waals surface area contributed by atoms with E-state index < -0.39 is 17.2 Å². The van der Waals surface area contributed by atoms with E-state index in [9.17, 15) is 9.59 Å². The molecule has 0 aliphatic heterocycles. The molecular formula is C31H27FN4O4. The fourth-order valence-electron chi connectivity index (χ4n) is 4.33. The number of benzene rings is 2. The highest BCUT2D eigenvalue weighted by Gasteiger charge is 2.18. The van der Waals surface area contributed by atoms with Gasteiger partial charge in [0.25, 0.3) is 5.91 Å². The highest BCUT2D eigenvalue weighted by Crippen LogP contribution is 2.31. The van der Waals surface area contributed by atoms with Gasteiger partial charge in [0.1, 0.15) is 16.8 Å². The van der Waals surface area contributed by atoms with E-state index in [1.54, 1.807) is 19.1 Å². The molecule has 0 bridgehead atoms. The summed E-state index contributed by atoms with van der Waals surface area (Å²) in [6.07, 6.45) is 4.41. The summed E-state index contributed by atoms with van der Waals surface area (Å²) < 4.78 is 26.0. The van der Waals surface area contributed by atoms with Crippen LogP contribution in [0.3, 0.4) is 0 Å². The third-order valence-electron chi connectivity index (χ3n) is 6.55. The molecule has 0 saturated heterocycles. The molecule has 0 atom stereocenters. The molecule has 40 heavy (non-hydrogen) atoms. The Balaban J connectivity index is 1.37. The molecule has 0 unspecified atom stereocenters. The minimum Gasteiger partial charge on any atom is -0.495 e. The number of fused-ring (bicyclic) bond motifs is 1. The summed E-state index contributed by atoms with van der Waals surface area (Å²) >= 11 is 0. The van der Waals surface area contributed by atoms with Crippen LogP contribution in [0.15, 0.2) is 78.0 Å².